The van der Waals surface area contributed by atoms with E-state index in [1.807, 2.05) is 12.1 Å². The van der Waals surface area contributed by atoms with Crippen molar-refractivity contribution < 1.29 is 19.1 Å². The smallest absolute Gasteiger partial charge is 0.216 e. The van der Waals surface area contributed by atoms with Crippen LogP contribution < -0.4 is 10.1 Å². The molecule has 0 fully saturated rings. The van der Waals surface area contributed by atoms with Crippen LogP contribution in [0.3, 0.4) is 0 Å². The molecule has 5 heteroatoms. The second-order valence-electron chi connectivity index (χ2n) is 4.69. The molecule has 0 saturated carbocycles. The molecule has 0 spiro atoms. The molecule has 2 N–H and O–H groups in total. The first kappa shape index (κ1) is 12.0. The SMILES string of the molecule is CC(=O)NCCc1coc2ccc3c(c12)CC(O)O3. The molecule has 19 heavy (non-hydrogen) atoms. The average molecular weight is 261 g/mol. The first-order valence-corrected chi connectivity index (χ1v) is 6.26. The van der Waals surface area contributed by atoms with Crippen molar-refractivity contribution in [3.8, 4) is 5.75 Å². The highest BCUT2D eigenvalue weighted by Crippen LogP contribution is 2.37. The number of ether oxygens (including phenoxy) is 1. The Kier molecular flexibility index (Phi) is 2.91. The van der Waals surface area contributed by atoms with Crippen molar-refractivity contribution in [3.63, 3.8) is 0 Å². The van der Waals surface area contributed by atoms with Crippen molar-refractivity contribution in [1.29, 1.82) is 0 Å². The number of carbonyl (C=O) groups excluding carboxylic acids is 1. The van der Waals surface area contributed by atoms with Gasteiger partial charge >= 0.3 is 0 Å². The van der Waals surface area contributed by atoms with Crippen LogP contribution in [0.4, 0.5) is 0 Å². The van der Waals surface area contributed by atoms with Crippen LogP contribution in [-0.4, -0.2) is 23.8 Å². The van der Waals surface area contributed by atoms with Gasteiger partial charge in [-0.2, -0.15) is 0 Å². The lowest BCUT2D eigenvalue weighted by molar-refractivity contribution is -0.118. The van der Waals surface area contributed by atoms with E-state index in [1.54, 1.807) is 6.26 Å². The summed E-state index contributed by atoms with van der Waals surface area (Å²) in [6.45, 7) is 2.06. The van der Waals surface area contributed by atoms with Crippen LogP contribution in [0.1, 0.15) is 18.1 Å². The number of aliphatic hydroxyl groups excluding tert-OH is 1. The number of amides is 1. The molecule has 0 saturated heterocycles. The number of furan rings is 1. The lowest BCUT2D eigenvalue weighted by atomic mass is 10.0. The topological polar surface area (TPSA) is 71.7 Å². The Hall–Kier alpha value is -2.01. The lowest BCUT2D eigenvalue weighted by Crippen LogP contribution is -2.22. The summed E-state index contributed by atoms with van der Waals surface area (Å²) >= 11 is 0. The number of fused-ring (bicyclic) bond motifs is 3. The molecule has 1 aliphatic rings. The fourth-order valence-electron chi connectivity index (χ4n) is 2.48. The third-order valence-electron chi connectivity index (χ3n) is 3.29. The van der Waals surface area contributed by atoms with Gasteiger partial charge in [-0.25, -0.2) is 0 Å². The second-order valence-corrected chi connectivity index (χ2v) is 4.69. The highest BCUT2D eigenvalue weighted by Gasteiger charge is 2.25. The van der Waals surface area contributed by atoms with Gasteiger partial charge in [-0.15, -0.1) is 0 Å². The maximum Gasteiger partial charge on any atom is 0.216 e. The van der Waals surface area contributed by atoms with Crippen LogP contribution in [-0.2, 0) is 17.6 Å². The van der Waals surface area contributed by atoms with Gasteiger partial charge in [-0.3, -0.25) is 4.79 Å². The fraction of sp³-hybridized carbons (Fsp3) is 0.357. The minimum Gasteiger partial charge on any atom is -0.464 e. The zero-order chi connectivity index (χ0) is 13.4. The quantitative estimate of drug-likeness (QED) is 0.875. The third-order valence-corrected chi connectivity index (χ3v) is 3.29. The molecule has 100 valence electrons. The molecule has 1 aliphatic heterocycles. The normalized spacial score (nSPS) is 17.3. The highest BCUT2D eigenvalue weighted by atomic mass is 16.6. The minimum absolute atomic E-state index is 0.0446. The molecule has 2 aromatic rings. The van der Waals surface area contributed by atoms with E-state index in [0.29, 0.717) is 25.1 Å². The number of hydrogen-bond acceptors (Lipinski definition) is 4. The molecule has 0 radical (unpaired) electrons. The van der Waals surface area contributed by atoms with E-state index >= 15 is 0 Å². The standard InChI is InChI=1S/C14H15NO4/c1-8(16)15-5-4-9-7-18-12-3-2-11-10(14(9)12)6-13(17)19-11/h2-3,7,13,17H,4-6H2,1H3,(H,15,16). The van der Waals surface area contributed by atoms with E-state index in [2.05, 4.69) is 5.32 Å². The average Bonchev–Trinajstić information content (AvgIpc) is 2.90. The van der Waals surface area contributed by atoms with Crippen LogP contribution in [0.2, 0.25) is 0 Å². The molecule has 1 unspecified atom stereocenters. The molecule has 0 bridgehead atoms. The molecule has 1 amide bonds. The number of nitrogens with one attached hydrogen (secondary N) is 1. The largest absolute Gasteiger partial charge is 0.464 e. The van der Waals surface area contributed by atoms with Crippen LogP contribution in [0.25, 0.3) is 11.0 Å². The van der Waals surface area contributed by atoms with Crippen molar-refractivity contribution in [1.82, 2.24) is 5.32 Å². The summed E-state index contributed by atoms with van der Waals surface area (Å²) in [6.07, 6.45) is 2.09. The Morgan fingerprint density at radius 2 is 2.37 bits per heavy atom. The van der Waals surface area contributed by atoms with Gasteiger partial charge in [0.25, 0.3) is 0 Å². The van der Waals surface area contributed by atoms with Gasteiger partial charge < -0.3 is 19.6 Å². The fourth-order valence-corrected chi connectivity index (χ4v) is 2.48. The minimum atomic E-state index is -0.779. The number of benzene rings is 1. The van der Waals surface area contributed by atoms with Gasteiger partial charge in [0.15, 0.2) is 0 Å². The van der Waals surface area contributed by atoms with Crippen LogP contribution in [0.15, 0.2) is 22.8 Å². The van der Waals surface area contributed by atoms with Crippen LogP contribution >= 0.6 is 0 Å². The maximum atomic E-state index is 10.9. The third kappa shape index (κ3) is 2.17. The van der Waals surface area contributed by atoms with E-state index in [-0.39, 0.29) is 5.91 Å². The number of rotatable bonds is 3. The van der Waals surface area contributed by atoms with Crippen LogP contribution in [0, 0.1) is 0 Å². The van der Waals surface area contributed by atoms with E-state index in [1.165, 1.54) is 6.92 Å². The second kappa shape index (κ2) is 4.59. The number of aliphatic hydroxyl groups is 1. The maximum absolute atomic E-state index is 10.9. The summed E-state index contributed by atoms with van der Waals surface area (Å²) in [5.74, 6) is 0.666. The summed E-state index contributed by atoms with van der Waals surface area (Å²) < 4.78 is 10.8. The summed E-state index contributed by atoms with van der Waals surface area (Å²) in [5.41, 5.74) is 2.80. The monoisotopic (exact) mass is 261 g/mol. The Bertz CT molecular complexity index is 632. The van der Waals surface area contributed by atoms with E-state index < -0.39 is 6.29 Å². The number of carbonyl (C=O) groups is 1. The van der Waals surface area contributed by atoms with Gasteiger partial charge in [-0.1, -0.05) is 0 Å². The predicted octanol–water partition coefficient (Wildman–Crippen LogP) is 1.36. The molecule has 2 heterocycles. The Morgan fingerprint density at radius 1 is 1.53 bits per heavy atom. The van der Waals surface area contributed by atoms with Gasteiger partial charge in [0, 0.05) is 36.4 Å². The van der Waals surface area contributed by atoms with E-state index in [0.717, 1.165) is 22.1 Å². The van der Waals surface area contributed by atoms with E-state index in [4.69, 9.17) is 9.15 Å². The van der Waals surface area contributed by atoms with Crippen LogP contribution in [0.5, 0.6) is 5.75 Å². The van der Waals surface area contributed by atoms with Gasteiger partial charge in [0.05, 0.1) is 6.26 Å². The predicted molar refractivity (Wildman–Crippen MR) is 68.9 cm³/mol. The van der Waals surface area contributed by atoms with Crippen molar-refractivity contribution >= 4 is 16.9 Å². The Balaban J connectivity index is 1.93. The summed E-state index contributed by atoms with van der Waals surface area (Å²) in [7, 11) is 0. The molecule has 1 aromatic carbocycles. The Labute approximate surface area is 110 Å². The first-order chi connectivity index (χ1) is 9.15. The molecule has 0 aliphatic carbocycles. The molecule has 3 rings (SSSR count). The van der Waals surface area contributed by atoms with Gasteiger partial charge in [0.1, 0.15) is 11.3 Å². The Morgan fingerprint density at radius 3 is 3.16 bits per heavy atom. The number of hydrogen-bond donors (Lipinski definition) is 2. The van der Waals surface area contributed by atoms with Gasteiger partial charge in [0.2, 0.25) is 12.2 Å². The summed E-state index contributed by atoms with van der Waals surface area (Å²) in [4.78, 5) is 10.9. The molecule has 5 nitrogen and oxygen atoms in total. The first-order valence-electron chi connectivity index (χ1n) is 6.26. The molecule has 1 atom stereocenters. The van der Waals surface area contributed by atoms with Crippen molar-refractivity contribution in [2.45, 2.75) is 26.1 Å². The van der Waals surface area contributed by atoms with Gasteiger partial charge in [-0.05, 0) is 18.6 Å². The lowest BCUT2D eigenvalue weighted by Gasteiger charge is -2.03. The zero-order valence-electron chi connectivity index (χ0n) is 10.6. The zero-order valence-corrected chi connectivity index (χ0v) is 10.6. The molecule has 1 aromatic heterocycles. The van der Waals surface area contributed by atoms with E-state index in [9.17, 15) is 9.90 Å². The molecular formula is C14H15NO4. The van der Waals surface area contributed by atoms with Crippen molar-refractivity contribution in [3.05, 3.63) is 29.5 Å². The summed E-state index contributed by atoms with van der Waals surface area (Å²) in [6, 6.07) is 3.66. The summed E-state index contributed by atoms with van der Waals surface area (Å²) in [5, 5.41) is 13.3. The highest BCUT2D eigenvalue weighted by molar-refractivity contribution is 5.87. The van der Waals surface area contributed by atoms with Crippen molar-refractivity contribution in [2.75, 3.05) is 6.54 Å². The molecular weight excluding hydrogens is 246 g/mol. The van der Waals surface area contributed by atoms with Crippen molar-refractivity contribution in [2.24, 2.45) is 0 Å².